The molecule has 0 aliphatic heterocycles. The van der Waals surface area contributed by atoms with Gasteiger partial charge in [-0.05, 0) is 33.6 Å². The molecule has 15 heavy (non-hydrogen) atoms. The van der Waals surface area contributed by atoms with Crippen LogP contribution in [0.15, 0.2) is 4.52 Å². The zero-order chi connectivity index (χ0) is 10.9. The Morgan fingerprint density at radius 1 is 1.27 bits per heavy atom. The smallest absolute Gasteiger partial charge is 0.321 e. The molecule has 1 heterocycles. The number of anilines is 1. The summed E-state index contributed by atoms with van der Waals surface area (Å²) in [5, 5.41) is 7.22. The summed E-state index contributed by atoms with van der Waals surface area (Å²) in [6.45, 7) is 6.23. The van der Waals surface area contributed by atoms with Gasteiger partial charge in [0.1, 0.15) is 0 Å². The van der Waals surface area contributed by atoms with E-state index >= 15 is 0 Å². The predicted molar refractivity (Wildman–Crippen MR) is 58.9 cm³/mol. The lowest BCUT2D eigenvalue weighted by Crippen LogP contribution is -2.26. The lowest BCUT2D eigenvalue weighted by atomic mass is 10.1. The monoisotopic (exact) mass is 209 g/mol. The molecule has 1 aromatic heterocycles. The minimum Gasteiger partial charge on any atom is -0.333 e. The number of rotatable bonds is 2. The molecule has 0 unspecified atom stereocenters. The van der Waals surface area contributed by atoms with E-state index in [4.69, 9.17) is 4.52 Å². The van der Waals surface area contributed by atoms with Crippen LogP contribution in [0, 0.1) is 0 Å². The lowest BCUT2D eigenvalue weighted by Gasteiger charge is -2.17. The van der Waals surface area contributed by atoms with Crippen LogP contribution in [0.1, 0.15) is 58.2 Å². The number of hydrogen-bond donors (Lipinski definition) is 1. The summed E-state index contributed by atoms with van der Waals surface area (Å²) >= 11 is 0. The largest absolute Gasteiger partial charge is 0.333 e. The first-order chi connectivity index (χ1) is 7.04. The molecule has 2 rings (SSSR count). The van der Waals surface area contributed by atoms with Crippen molar-refractivity contribution in [2.45, 2.75) is 57.9 Å². The minimum atomic E-state index is -0.0283. The summed E-state index contributed by atoms with van der Waals surface area (Å²) in [7, 11) is 0. The second kappa shape index (κ2) is 3.83. The van der Waals surface area contributed by atoms with Crippen LogP contribution >= 0.6 is 0 Å². The van der Waals surface area contributed by atoms with Crippen molar-refractivity contribution in [2.75, 3.05) is 5.32 Å². The number of nitrogens with one attached hydrogen (secondary N) is 1. The van der Waals surface area contributed by atoms with Gasteiger partial charge in [0.25, 0.3) is 0 Å². The van der Waals surface area contributed by atoms with Crippen molar-refractivity contribution in [3.8, 4) is 0 Å². The van der Waals surface area contributed by atoms with Gasteiger partial charge in [-0.25, -0.2) is 0 Å². The second-order valence-electron chi connectivity index (χ2n) is 5.31. The SMILES string of the molecule is CC(C)(C)Nc1nc(C2CCCC2)no1. The first-order valence-corrected chi connectivity index (χ1v) is 5.66. The van der Waals surface area contributed by atoms with E-state index in [9.17, 15) is 0 Å². The molecule has 1 aliphatic carbocycles. The third-order valence-corrected chi connectivity index (χ3v) is 2.64. The molecule has 0 spiro atoms. The molecule has 1 saturated carbocycles. The van der Waals surface area contributed by atoms with Gasteiger partial charge in [0.05, 0.1) is 0 Å². The highest BCUT2D eigenvalue weighted by Gasteiger charge is 2.23. The maximum absolute atomic E-state index is 5.18. The maximum atomic E-state index is 5.18. The van der Waals surface area contributed by atoms with Crippen molar-refractivity contribution in [1.82, 2.24) is 10.1 Å². The Bertz CT molecular complexity index is 321. The van der Waals surface area contributed by atoms with Crippen LogP contribution in [0.3, 0.4) is 0 Å². The molecule has 4 nitrogen and oxygen atoms in total. The van der Waals surface area contributed by atoms with Crippen LogP contribution in [-0.4, -0.2) is 15.7 Å². The van der Waals surface area contributed by atoms with E-state index < -0.39 is 0 Å². The molecule has 84 valence electrons. The Morgan fingerprint density at radius 2 is 1.93 bits per heavy atom. The number of nitrogens with zero attached hydrogens (tertiary/aromatic N) is 2. The fraction of sp³-hybridized carbons (Fsp3) is 0.818. The van der Waals surface area contributed by atoms with Crippen molar-refractivity contribution in [3.05, 3.63) is 5.82 Å². The Balaban J connectivity index is 2.03. The van der Waals surface area contributed by atoms with Crippen molar-refractivity contribution in [2.24, 2.45) is 0 Å². The van der Waals surface area contributed by atoms with E-state index in [1.54, 1.807) is 0 Å². The van der Waals surface area contributed by atoms with Crippen LogP contribution in [0.4, 0.5) is 6.01 Å². The molecule has 0 aromatic carbocycles. The van der Waals surface area contributed by atoms with E-state index in [0.717, 1.165) is 5.82 Å². The van der Waals surface area contributed by atoms with Crippen molar-refractivity contribution in [3.63, 3.8) is 0 Å². The molecule has 0 atom stereocenters. The summed E-state index contributed by atoms with van der Waals surface area (Å²) < 4.78 is 5.18. The summed E-state index contributed by atoms with van der Waals surface area (Å²) in [5.41, 5.74) is -0.0283. The van der Waals surface area contributed by atoms with Gasteiger partial charge in [0, 0.05) is 11.5 Å². The van der Waals surface area contributed by atoms with E-state index in [1.165, 1.54) is 25.7 Å². The predicted octanol–water partition coefficient (Wildman–Crippen LogP) is 2.94. The Labute approximate surface area is 90.4 Å². The van der Waals surface area contributed by atoms with Gasteiger partial charge in [-0.15, -0.1) is 0 Å². The summed E-state index contributed by atoms with van der Waals surface area (Å²) in [6, 6.07) is 0.546. The second-order valence-corrected chi connectivity index (χ2v) is 5.31. The third kappa shape index (κ3) is 2.70. The first-order valence-electron chi connectivity index (χ1n) is 5.66. The number of aromatic nitrogens is 2. The van der Waals surface area contributed by atoms with Gasteiger partial charge in [0.15, 0.2) is 5.82 Å². The van der Waals surface area contributed by atoms with Crippen molar-refractivity contribution in [1.29, 1.82) is 0 Å². The van der Waals surface area contributed by atoms with Crippen LogP contribution in [-0.2, 0) is 0 Å². The van der Waals surface area contributed by atoms with Crippen LogP contribution < -0.4 is 5.32 Å². The summed E-state index contributed by atoms with van der Waals surface area (Å²) in [4.78, 5) is 4.39. The average Bonchev–Trinajstić information content (AvgIpc) is 2.68. The van der Waals surface area contributed by atoms with Gasteiger partial charge in [-0.1, -0.05) is 18.0 Å². The standard InChI is InChI=1S/C11H19N3O/c1-11(2,3)13-10-12-9(14-15-10)8-6-4-5-7-8/h8H,4-7H2,1-3H3,(H,12,13,14). The van der Waals surface area contributed by atoms with E-state index in [-0.39, 0.29) is 5.54 Å². The highest BCUT2D eigenvalue weighted by atomic mass is 16.5. The molecule has 1 N–H and O–H groups in total. The van der Waals surface area contributed by atoms with E-state index in [1.807, 2.05) is 0 Å². The van der Waals surface area contributed by atoms with Gasteiger partial charge >= 0.3 is 6.01 Å². The third-order valence-electron chi connectivity index (χ3n) is 2.64. The first kappa shape index (κ1) is 10.5. The quantitative estimate of drug-likeness (QED) is 0.813. The molecular weight excluding hydrogens is 190 g/mol. The molecule has 4 heteroatoms. The zero-order valence-electron chi connectivity index (χ0n) is 9.71. The summed E-state index contributed by atoms with van der Waals surface area (Å²) in [6.07, 6.45) is 4.99. The molecule has 0 saturated heterocycles. The van der Waals surface area contributed by atoms with Crippen LogP contribution in [0.5, 0.6) is 0 Å². The fourth-order valence-electron chi connectivity index (χ4n) is 1.96. The lowest BCUT2D eigenvalue weighted by molar-refractivity contribution is 0.406. The Morgan fingerprint density at radius 3 is 2.53 bits per heavy atom. The number of hydrogen-bond acceptors (Lipinski definition) is 4. The maximum Gasteiger partial charge on any atom is 0.321 e. The highest BCUT2D eigenvalue weighted by Crippen LogP contribution is 2.32. The van der Waals surface area contributed by atoms with Crippen LogP contribution in [0.2, 0.25) is 0 Å². The van der Waals surface area contributed by atoms with Gasteiger partial charge < -0.3 is 9.84 Å². The van der Waals surface area contributed by atoms with Gasteiger partial charge in [-0.3, -0.25) is 0 Å². The molecule has 1 aliphatic rings. The highest BCUT2D eigenvalue weighted by molar-refractivity contribution is 5.23. The molecular formula is C11H19N3O. The average molecular weight is 209 g/mol. The van der Waals surface area contributed by atoms with E-state index in [0.29, 0.717) is 11.9 Å². The Hall–Kier alpha value is -1.06. The van der Waals surface area contributed by atoms with Gasteiger partial charge in [-0.2, -0.15) is 4.98 Å². The van der Waals surface area contributed by atoms with Crippen LogP contribution in [0.25, 0.3) is 0 Å². The zero-order valence-corrected chi connectivity index (χ0v) is 9.71. The van der Waals surface area contributed by atoms with Gasteiger partial charge in [0.2, 0.25) is 0 Å². The van der Waals surface area contributed by atoms with E-state index in [2.05, 4.69) is 36.2 Å². The molecule has 0 amide bonds. The normalized spacial score (nSPS) is 18.3. The van der Waals surface area contributed by atoms with Crippen molar-refractivity contribution < 1.29 is 4.52 Å². The molecule has 0 bridgehead atoms. The fourth-order valence-corrected chi connectivity index (χ4v) is 1.96. The topological polar surface area (TPSA) is 51.0 Å². The Kier molecular flexibility index (Phi) is 2.67. The summed E-state index contributed by atoms with van der Waals surface area (Å²) in [5.74, 6) is 1.39. The molecule has 0 radical (unpaired) electrons. The minimum absolute atomic E-state index is 0.0283. The van der Waals surface area contributed by atoms with Crippen molar-refractivity contribution >= 4 is 6.01 Å². The molecule has 1 fully saturated rings. The molecule has 1 aromatic rings.